The highest BCUT2D eigenvalue weighted by Crippen LogP contribution is 2.20. The maximum absolute atomic E-state index is 5.32. The van der Waals surface area contributed by atoms with Crippen LogP contribution < -0.4 is 5.32 Å². The Kier molecular flexibility index (Phi) is 3.97. The monoisotopic (exact) mass is 270 g/mol. The van der Waals surface area contributed by atoms with Crippen molar-refractivity contribution >= 4 is 21.7 Å². The number of hydrogen-bond donors (Lipinski definition) is 1. The first-order valence-electron chi connectivity index (χ1n) is 5.28. The van der Waals surface area contributed by atoms with Gasteiger partial charge in [-0.25, -0.2) is 4.98 Å². The van der Waals surface area contributed by atoms with Gasteiger partial charge in [0.25, 0.3) is 0 Å². The van der Waals surface area contributed by atoms with E-state index in [0.29, 0.717) is 5.92 Å². The normalized spacial score (nSPS) is 17.7. The minimum atomic E-state index is 0.715. The van der Waals surface area contributed by atoms with Crippen molar-refractivity contribution in [1.29, 1.82) is 0 Å². The number of halogens is 1. The summed E-state index contributed by atoms with van der Waals surface area (Å²) in [7, 11) is 0. The fraction of sp³-hybridized carbons (Fsp3) is 0.545. The molecule has 0 aromatic carbocycles. The van der Waals surface area contributed by atoms with Gasteiger partial charge in [-0.1, -0.05) is 0 Å². The molecule has 82 valence electrons. The molecule has 1 saturated heterocycles. The molecule has 0 bridgehead atoms. The Morgan fingerprint density at radius 1 is 1.47 bits per heavy atom. The van der Waals surface area contributed by atoms with Crippen molar-refractivity contribution in [3.63, 3.8) is 0 Å². The molecule has 1 fully saturated rings. The largest absolute Gasteiger partial charge is 0.381 e. The van der Waals surface area contributed by atoms with Gasteiger partial charge in [0.05, 0.1) is 4.47 Å². The summed E-state index contributed by atoms with van der Waals surface area (Å²) in [5, 5.41) is 3.37. The van der Waals surface area contributed by atoms with Crippen LogP contribution in [0, 0.1) is 5.92 Å². The maximum Gasteiger partial charge on any atom is 0.140 e. The van der Waals surface area contributed by atoms with Crippen molar-refractivity contribution < 1.29 is 4.74 Å². The molecule has 0 unspecified atom stereocenters. The van der Waals surface area contributed by atoms with Crippen LogP contribution in [0.15, 0.2) is 22.8 Å². The lowest BCUT2D eigenvalue weighted by molar-refractivity contribution is 0.0699. The van der Waals surface area contributed by atoms with Crippen LogP contribution >= 0.6 is 15.9 Å². The van der Waals surface area contributed by atoms with Crippen LogP contribution in [-0.4, -0.2) is 24.7 Å². The maximum atomic E-state index is 5.32. The van der Waals surface area contributed by atoms with Crippen LogP contribution in [0.1, 0.15) is 12.8 Å². The van der Waals surface area contributed by atoms with Crippen LogP contribution in [0.2, 0.25) is 0 Å². The second kappa shape index (κ2) is 5.47. The van der Waals surface area contributed by atoms with Gasteiger partial charge in [-0.3, -0.25) is 0 Å². The Hall–Kier alpha value is -0.610. The fourth-order valence-corrected chi connectivity index (χ4v) is 2.10. The van der Waals surface area contributed by atoms with Crippen LogP contribution in [0.3, 0.4) is 0 Å². The molecule has 1 aliphatic heterocycles. The number of hydrogen-bond acceptors (Lipinski definition) is 3. The third-order valence-corrected chi connectivity index (χ3v) is 3.30. The van der Waals surface area contributed by atoms with Crippen LogP contribution in [0.4, 0.5) is 5.82 Å². The van der Waals surface area contributed by atoms with E-state index in [0.717, 1.165) is 42.9 Å². The molecule has 15 heavy (non-hydrogen) atoms. The highest BCUT2D eigenvalue weighted by atomic mass is 79.9. The van der Waals surface area contributed by atoms with E-state index in [4.69, 9.17) is 4.74 Å². The van der Waals surface area contributed by atoms with Crippen molar-refractivity contribution in [2.24, 2.45) is 5.92 Å². The van der Waals surface area contributed by atoms with Crippen molar-refractivity contribution in [1.82, 2.24) is 4.98 Å². The summed E-state index contributed by atoms with van der Waals surface area (Å²) < 4.78 is 6.35. The summed E-state index contributed by atoms with van der Waals surface area (Å²) in [5.41, 5.74) is 0. The lowest BCUT2D eigenvalue weighted by Gasteiger charge is -2.22. The molecule has 2 rings (SSSR count). The highest BCUT2D eigenvalue weighted by molar-refractivity contribution is 9.10. The van der Waals surface area contributed by atoms with Crippen LogP contribution in [0.5, 0.6) is 0 Å². The van der Waals surface area contributed by atoms with Crippen molar-refractivity contribution in [3.05, 3.63) is 22.8 Å². The topological polar surface area (TPSA) is 34.2 Å². The predicted molar refractivity (Wildman–Crippen MR) is 64.0 cm³/mol. The summed E-state index contributed by atoms with van der Waals surface area (Å²) in [6.45, 7) is 2.78. The SMILES string of the molecule is Brc1cccnc1NCC1CCOCC1. The van der Waals surface area contributed by atoms with Crippen molar-refractivity contribution in [2.45, 2.75) is 12.8 Å². The molecule has 0 aliphatic carbocycles. The average molecular weight is 271 g/mol. The quantitative estimate of drug-likeness (QED) is 0.917. The molecule has 0 atom stereocenters. The Balaban J connectivity index is 1.84. The minimum Gasteiger partial charge on any atom is -0.381 e. The summed E-state index contributed by atoms with van der Waals surface area (Å²) in [6, 6.07) is 3.92. The Bertz CT molecular complexity index is 313. The molecule has 0 saturated carbocycles. The van der Waals surface area contributed by atoms with E-state index in [-0.39, 0.29) is 0 Å². The molecule has 0 radical (unpaired) electrons. The standard InChI is InChI=1S/C11H15BrN2O/c12-10-2-1-5-13-11(10)14-8-9-3-6-15-7-4-9/h1-2,5,9H,3-4,6-8H2,(H,13,14). The Morgan fingerprint density at radius 2 is 2.27 bits per heavy atom. The number of aromatic nitrogens is 1. The minimum absolute atomic E-state index is 0.715. The predicted octanol–water partition coefficient (Wildman–Crippen LogP) is 2.68. The zero-order chi connectivity index (χ0) is 10.5. The Labute approximate surface area is 98.4 Å². The fourth-order valence-electron chi connectivity index (χ4n) is 1.71. The highest BCUT2D eigenvalue weighted by Gasteiger charge is 2.13. The molecule has 1 N–H and O–H groups in total. The Morgan fingerprint density at radius 3 is 3.00 bits per heavy atom. The zero-order valence-electron chi connectivity index (χ0n) is 8.58. The third kappa shape index (κ3) is 3.18. The van der Waals surface area contributed by atoms with E-state index in [9.17, 15) is 0 Å². The van der Waals surface area contributed by atoms with Gasteiger partial charge in [0.2, 0.25) is 0 Å². The molecule has 1 aromatic rings. The molecule has 0 amide bonds. The molecule has 1 aliphatic rings. The first-order valence-corrected chi connectivity index (χ1v) is 6.07. The number of nitrogens with one attached hydrogen (secondary N) is 1. The van der Waals surface area contributed by atoms with Gasteiger partial charge < -0.3 is 10.1 Å². The molecule has 2 heterocycles. The van der Waals surface area contributed by atoms with Gasteiger partial charge >= 0.3 is 0 Å². The van der Waals surface area contributed by atoms with Crippen LogP contribution in [0.25, 0.3) is 0 Å². The zero-order valence-corrected chi connectivity index (χ0v) is 10.2. The second-order valence-electron chi connectivity index (χ2n) is 3.77. The summed E-state index contributed by atoms with van der Waals surface area (Å²) in [5.74, 6) is 1.65. The van der Waals surface area contributed by atoms with E-state index in [1.165, 1.54) is 0 Å². The van der Waals surface area contributed by atoms with Gasteiger partial charge in [0.1, 0.15) is 5.82 Å². The number of anilines is 1. The summed E-state index contributed by atoms with van der Waals surface area (Å²) in [4.78, 5) is 4.27. The van der Waals surface area contributed by atoms with E-state index in [2.05, 4.69) is 26.2 Å². The molecule has 4 heteroatoms. The number of nitrogens with zero attached hydrogens (tertiary/aromatic N) is 1. The molecular formula is C11H15BrN2O. The lowest BCUT2D eigenvalue weighted by atomic mass is 10.0. The molecular weight excluding hydrogens is 256 g/mol. The second-order valence-corrected chi connectivity index (χ2v) is 4.62. The van der Waals surface area contributed by atoms with Gasteiger partial charge in [-0.05, 0) is 46.8 Å². The first kappa shape index (κ1) is 10.9. The van der Waals surface area contributed by atoms with Gasteiger partial charge in [-0.15, -0.1) is 0 Å². The number of rotatable bonds is 3. The van der Waals surface area contributed by atoms with Gasteiger partial charge in [0, 0.05) is 26.0 Å². The third-order valence-electron chi connectivity index (χ3n) is 2.66. The first-order chi connectivity index (χ1) is 7.36. The smallest absolute Gasteiger partial charge is 0.140 e. The molecule has 1 aromatic heterocycles. The van der Waals surface area contributed by atoms with E-state index in [1.807, 2.05) is 12.1 Å². The average Bonchev–Trinajstić information content (AvgIpc) is 2.29. The van der Waals surface area contributed by atoms with E-state index < -0.39 is 0 Å². The summed E-state index contributed by atoms with van der Waals surface area (Å²) >= 11 is 3.47. The van der Waals surface area contributed by atoms with Gasteiger partial charge in [-0.2, -0.15) is 0 Å². The molecule has 0 spiro atoms. The summed E-state index contributed by atoms with van der Waals surface area (Å²) in [6.07, 6.45) is 4.10. The van der Waals surface area contributed by atoms with E-state index in [1.54, 1.807) is 6.20 Å². The van der Waals surface area contributed by atoms with Gasteiger partial charge in [0.15, 0.2) is 0 Å². The number of ether oxygens (including phenoxy) is 1. The van der Waals surface area contributed by atoms with Crippen molar-refractivity contribution in [3.8, 4) is 0 Å². The van der Waals surface area contributed by atoms with E-state index >= 15 is 0 Å². The molecule has 3 nitrogen and oxygen atoms in total. The lowest BCUT2D eigenvalue weighted by Crippen LogP contribution is -2.23. The number of pyridine rings is 1. The van der Waals surface area contributed by atoms with Crippen molar-refractivity contribution in [2.75, 3.05) is 25.1 Å². The van der Waals surface area contributed by atoms with Crippen LogP contribution in [-0.2, 0) is 4.74 Å².